The maximum absolute atomic E-state index is 4.64. The van der Waals surface area contributed by atoms with E-state index in [0.717, 1.165) is 22.6 Å². The molecule has 0 aliphatic rings. The van der Waals surface area contributed by atoms with Gasteiger partial charge in [-0.2, -0.15) is 0 Å². The van der Waals surface area contributed by atoms with E-state index in [9.17, 15) is 0 Å². The summed E-state index contributed by atoms with van der Waals surface area (Å²) in [5.74, 6) is 1.51. The van der Waals surface area contributed by atoms with Crippen LogP contribution in [0.25, 0.3) is 22.6 Å². The molecular weight excluding hydrogens is 248 g/mol. The molecule has 0 fully saturated rings. The number of nitrogens with one attached hydrogen (secondary N) is 1. The van der Waals surface area contributed by atoms with Crippen LogP contribution < -0.4 is 5.32 Å². The predicted molar refractivity (Wildman–Crippen MR) is 80.2 cm³/mol. The van der Waals surface area contributed by atoms with Gasteiger partial charge in [0.15, 0.2) is 5.82 Å². The third-order valence-electron chi connectivity index (χ3n) is 2.99. The predicted octanol–water partition coefficient (Wildman–Crippen LogP) is 3.25. The Morgan fingerprint density at radius 1 is 0.850 bits per heavy atom. The van der Waals surface area contributed by atoms with E-state index in [0.29, 0.717) is 5.82 Å². The highest BCUT2D eigenvalue weighted by molar-refractivity contribution is 5.67. The van der Waals surface area contributed by atoms with Crippen molar-refractivity contribution in [3.8, 4) is 22.6 Å². The number of hydrogen-bond acceptors (Lipinski definition) is 4. The second kappa shape index (κ2) is 5.48. The quantitative estimate of drug-likeness (QED) is 0.787. The Morgan fingerprint density at radius 2 is 1.60 bits per heavy atom. The highest BCUT2D eigenvalue weighted by atomic mass is 15.0. The van der Waals surface area contributed by atoms with Crippen LogP contribution in [-0.4, -0.2) is 22.0 Å². The van der Waals surface area contributed by atoms with Gasteiger partial charge in [-0.25, -0.2) is 9.97 Å². The van der Waals surface area contributed by atoms with Crippen LogP contribution in [0, 0.1) is 0 Å². The van der Waals surface area contributed by atoms with E-state index in [1.807, 2.05) is 55.6 Å². The first-order valence-corrected chi connectivity index (χ1v) is 6.39. The maximum atomic E-state index is 4.64. The maximum Gasteiger partial charge on any atom is 0.162 e. The van der Waals surface area contributed by atoms with Gasteiger partial charge in [-0.05, 0) is 12.1 Å². The highest BCUT2D eigenvalue weighted by Gasteiger charge is 2.07. The first kappa shape index (κ1) is 12.3. The van der Waals surface area contributed by atoms with Crippen molar-refractivity contribution in [2.24, 2.45) is 0 Å². The van der Waals surface area contributed by atoms with Crippen LogP contribution in [0.2, 0.25) is 0 Å². The number of benzene rings is 1. The Hall–Kier alpha value is -2.75. The largest absolute Gasteiger partial charge is 0.373 e. The lowest BCUT2D eigenvalue weighted by molar-refractivity contribution is 1.17. The van der Waals surface area contributed by atoms with Gasteiger partial charge in [-0.3, -0.25) is 4.98 Å². The van der Waals surface area contributed by atoms with Gasteiger partial charge in [0.25, 0.3) is 0 Å². The summed E-state index contributed by atoms with van der Waals surface area (Å²) >= 11 is 0. The van der Waals surface area contributed by atoms with Gasteiger partial charge in [0.05, 0.1) is 5.69 Å². The second-order valence-electron chi connectivity index (χ2n) is 4.31. The fourth-order valence-corrected chi connectivity index (χ4v) is 1.96. The van der Waals surface area contributed by atoms with Crippen molar-refractivity contribution < 1.29 is 0 Å². The minimum Gasteiger partial charge on any atom is -0.373 e. The molecule has 0 bridgehead atoms. The molecule has 1 aromatic carbocycles. The van der Waals surface area contributed by atoms with Crippen LogP contribution in [0.4, 0.5) is 5.82 Å². The van der Waals surface area contributed by atoms with E-state index in [-0.39, 0.29) is 0 Å². The number of pyridine rings is 1. The summed E-state index contributed by atoms with van der Waals surface area (Å²) in [7, 11) is 1.85. The number of nitrogens with zero attached hydrogens (tertiary/aromatic N) is 3. The molecule has 0 radical (unpaired) electrons. The van der Waals surface area contributed by atoms with Crippen LogP contribution in [-0.2, 0) is 0 Å². The summed E-state index contributed by atoms with van der Waals surface area (Å²) < 4.78 is 0. The third kappa shape index (κ3) is 2.49. The fraction of sp³-hybridized carbons (Fsp3) is 0.0625. The fourth-order valence-electron chi connectivity index (χ4n) is 1.96. The van der Waals surface area contributed by atoms with E-state index in [1.54, 1.807) is 12.4 Å². The van der Waals surface area contributed by atoms with Gasteiger partial charge in [0.1, 0.15) is 5.82 Å². The Balaban J connectivity index is 2.13. The lowest BCUT2D eigenvalue weighted by Crippen LogP contribution is -1.98. The van der Waals surface area contributed by atoms with E-state index < -0.39 is 0 Å². The van der Waals surface area contributed by atoms with E-state index in [2.05, 4.69) is 20.3 Å². The van der Waals surface area contributed by atoms with Crippen molar-refractivity contribution in [3.63, 3.8) is 0 Å². The van der Waals surface area contributed by atoms with Gasteiger partial charge in [-0.15, -0.1) is 0 Å². The van der Waals surface area contributed by atoms with Crippen LogP contribution in [0.3, 0.4) is 0 Å². The molecule has 2 heterocycles. The number of rotatable bonds is 3. The summed E-state index contributed by atoms with van der Waals surface area (Å²) in [4.78, 5) is 13.2. The van der Waals surface area contributed by atoms with E-state index >= 15 is 0 Å². The molecule has 0 amide bonds. The average Bonchev–Trinajstić information content (AvgIpc) is 2.56. The summed E-state index contributed by atoms with van der Waals surface area (Å²) in [6, 6.07) is 15.8. The van der Waals surface area contributed by atoms with Gasteiger partial charge in [0, 0.05) is 36.6 Å². The summed E-state index contributed by atoms with van der Waals surface area (Å²) in [5, 5.41) is 3.08. The SMILES string of the molecule is CNc1cc(-c2ccncc2)nc(-c2ccccc2)n1. The minimum atomic E-state index is 0.712. The molecule has 2 aromatic heterocycles. The molecule has 4 nitrogen and oxygen atoms in total. The Labute approximate surface area is 117 Å². The zero-order valence-corrected chi connectivity index (χ0v) is 11.1. The summed E-state index contributed by atoms with van der Waals surface area (Å²) in [5.41, 5.74) is 2.90. The molecule has 20 heavy (non-hydrogen) atoms. The standard InChI is InChI=1S/C16H14N4/c1-17-15-11-14(12-7-9-18-10-8-12)19-16(20-15)13-5-3-2-4-6-13/h2-11H,1H3,(H,17,19,20). The zero-order valence-electron chi connectivity index (χ0n) is 11.1. The minimum absolute atomic E-state index is 0.712. The monoisotopic (exact) mass is 262 g/mol. The molecule has 0 aliphatic carbocycles. The van der Waals surface area contributed by atoms with Crippen molar-refractivity contribution in [3.05, 3.63) is 60.9 Å². The number of aromatic nitrogens is 3. The molecule has 0 unspecified atom stereocenters. The Bertz CT molecular complexity index is 638. The first-order valence-electron chi connectivity index (χ1n) is 6.39. The molecule has 98 valence electrons. The van der Waals surface area contributed by atoms with Gasteiger partial charge in [-0.1, -0.05) is 30.3 Å². The van der Waals surface area contributed by atoms with Crippen LogP contribution in [0.1, 0.15) is 0 Å². The molecule has 3 aromatic rings. The van der Waals surface area contributed by atoms with Crippen LogP contribution in [0.15, 0.2) is 60.9 Å². The van der Waals surface area contributed by atoms with E-state index in [1.165, 1.54) is 0 Å². The molecule has 1 N–H and O–H groups in total. The summed E-state index contributed by atoms with van der Waals surface area (Å²) in [6.45, 7) is 0. The van der Waals surface area contributed by atoms with Crippen molar-refractivity contribution in [1.82, 2.24) is 15.0 Å². The second-order valence-corrected chi connectivity index (χ2v) is 4.31. The Kier molecular flexibility index (Phi) is 3.37. The smallest absolute Gasteiger partial charge is 0.162 e. The molecule has 0 atom stereocenters. The van der Waals surface area contributed by atoms with Crippen LogP contribution >= 0.6 is 0 Å². The average molecular weight is 262 g/mol. The van der Waals surface area contributed by atoms with Gasteiger partial charge >= 0.3 is 0 Å². The molecule has 0 saturated carbocycles. The molecule has 0 spiro atoms. The lowest BCUT2D eigenvalue weighted by Gasteiger charge is -2.08. The van der Waals surface area contributed by atoms with Crippen molar-refractivity contribution in [1.29, 1.82) is 0 Å². The molecule has 0 saturated heterocycles. The highest BCUT2D eigenvalue weighted by Crippen LogP contribution is 2.23. The number of hydrogen-bond donors (Lipinski definition) is 1. The topological polar surface area (TPSA) is 50.7 Å². The van der Waals surface area contributed by atoms with Crippen molar-refractivity contribution in [2.45, 2.75) is 0 Å². The van der Waals surface area contributed by atoms with E-state index in [4.69, 9.17) is 0 Å². The first-order chi connectivity index (χ1) is 9.86. The lowest BCUT2D eigenvalue weighted by atomic mass is 10.1. The number of anilines is 1. The molecule has 3 rings (SSSR count). The third-order valence-corrected chi connectivity index (χ3v) is 2.99. The van der Waals surface area contributed by atoms with Crippen molar-refractivity contribution in [2.75, 3.05) is 12.4 Å². The zero-order chi connectivity index (χ0) is 13.8. The van der Waals surface area contributed by atoms with Gasteiger partial charge in [0.2, 0.25) is 0 Å². The Morgan fingerprint density at radius 3 is 2.30 bits per heavy atom. The van der Waals surface area contributed by atoms with Crippen molar-refractivity contribution >= 4 is 5.82 Å². The van der Waals surface area contributed by atoms with Gasteiger partial charge < -0.3 is 5.32 Å². The molecule has 0 aliphatic heterocycles. The normalized spacial score (nSPS) is 10.2. The molecular formula is C16H14N4. The molecule has 4 heteroatoms. The van der Waals surface area contributed by atoms with Crippen LogP contribution in [0.5, 0.6) is 0 Å². The summed E-state index contributed by atoms with van der Waals surface area (Å²) in [6.07, 6.45) is 3.53.